The largest absolute Gasteiger partial charge is 0.481 e. The highest BCUT2D eigenvalue weighted by Gasteiger charge is 2.78. The molecular formula is C72H110O23. The van der Waals surface area contributed by atoms with Gasteiger partial charge in [-0.3, -0.25) is 19.2 Å². The smallest absolute Gasteiger partial charge is 0.315 e. The Balaban J connectivity index is 0.826. The van der Waals surface area contributed by atoms with E-state index < -0.39 is 212 Å². The van der Waals surface area contributed by atoms with Gasteiger partial charge in [-0.2, -0.15) is 0 Å². The van der Waals surface area contributed by atoms with E-state index in [2.05, 4.69) is 46.8 Å². The monoisotopic (exact) mass is 1340 g/mol. The first-order valence-corrected chi connectivity index (χ1v) is 35.4. The lowest BCUT2D eigenvalue weighted by Gasteiger charge is -2.72. The van der Waals surface area contributed by atoms with E-state index in [4.69, 9.17) is 23.7 Å². The van der Waals surface area contributed by atoms with Gasteiger partial charge in [0, 0.05) is 11.8 Å². The predicted molar refractivity (Wildman–Crippen MR) is 336 cm³/mol. The molecule has 0 aromatic heterocycles. The zero-order chi connectivity index (χ0) is 69.8. The number of aliphatic hydroxyl groups excluding tert-OH is 11. The molecule has 2 heterocycles. The molecule has 12 rings (SSSR count). The number of carbonyl (C=O) groups is 4. The van der Waals surface area contributed by atoms with Crippen molar-refractivity contribution in [2.45, 2.75) is 283 Å². The Hall–Kier alpha value is -3.24. The van der Waals surface area contributed by atoms with Gasteiger partial charge in [-0.05, 0) is 198 Å². The van der Waals surface area contributed by atoms with Gasteiger partial charge in [0.2, 0.25) is 12.6 Å². The molecule has 34 atom stereocenters. The summed E-state index contributed by atoms with van der Waals surface area (Å²) >= 11 is 0. The van der Waals surface area contributed by atoms with Crippen molar-refractivity contribution in [2.75, 3.05) is 13.2 Å². The second-order valence-corrected chi connectivity index (χ2v) is 35.0. The number of carboxylic acids is 1. The number of aliphatic hydroxyl groups is 13. The standard InChI is InChI=1S/C72H110O23/c1-33-17-23-71(59(87)94-55-49(81)47(79)45(77)39(31-73)91-55)27-25-63(5)35(51(71)69(33,11)89)13-15-41-61(3)29-37(75)53(83)67(9,43(61)19-21-65(41,63)7)58(86)93-54-38(76)30-62(4)42-16-14-36-52-70(12,90)34(2)18-24-72(52,60(88)95-56-50(82)48(80)46(78)40(32-74)92-56)28-26-64(36,6)66(42,8)22-20-44(62)68(54,10)57(84)85/h13-14,33-34,37-56,73-83,89-90H,15-32H2,1-12H3,(H,84,85)/t33-,34-,37-,38-,39+,40+,41+,42+,43-,44-,45+,46+,47-,48-,49+,50+,51+,52-,53+,54-,55-,56-,61-,62-,63-,64-,65-,66-,67+,68-,69-,70-,71+,72+/m1/s1. The zero-order valence-electron chi connectivity index (χ0n) is 57.5. The summed E-state index contributed by atoms with van der Waals surface area (Å²) in [5, 5.41) is 159. The average Bonchev–Trinajstić information content (AvgIpc) is 0.674. The molecule has 12 aliphatic rings. The molecule has 0 radical (unpaired) electrons. The summed E-state index contributed by atoms with van der Waals surface area (Å²) in [5.74, 6) is -7.65. The lowest BCUT2D eigenvalue weighted by atomic mass is 9.32. The van der Waals surface area contributed by atoms with Crippen LogP contribution in [0.15, 0.2) is 23.3 Å². The molecule has 0 spiro atoms. The molecular weight excluding hydrogens is 1230 g/mol. The van der Waals surface area contributed by atoms with Gasteiger partial charge in [-0.15, -0.1) is 0 Å². The summed E-state index contributed by atoms with van der Waals surface area (Å²) in [7, 11) is 0. The first-order chi connectivity index (χ1) is 44.0. The van der Waals surface area contributed by atoms with Gasteiger partial charge < -0.3 is 95.2 Å². The summed E-state index contributed by atoms with van der Waals surface area (Å²) in [6, 6.07) is 0. The van der Waals surface area contributed by atoms with Gasteiger partial charge in [-0.25, -0.2) is 0 Å². The van der Waals surface area contributed by atoms with Crippen molar-refractivity contribution < 1.29 is 114 Å². The maximum Gasteiger partial charge on any atom is 0.315 e. The average molecular weight is 1340 g/mol. The molecule has 0 aromatic rings. The molecule has 95 heavy (non-hydrogen) atoms. The Morgan fingerprint density at radius 1 is 0.474 bits per heavy atom. The van der Waals surface area contributed by atoms with Gasteiger partial charge in [0.15, 0.2) is 0 Å². The number of esters is 3. The molecule has 0 unspecified atom stereocenters. The fourth-order valence-electron chi connectivity index (χ4n) is 25.0. The van der Waals surface area contributed by atoms with Crippen molar-refractivity contribution in [1.82, 2.24) is 0 Å². The van der Waals surface area contributed by atoms with Gasteiger partial charge in [0.25, 0.3) is 0 Å². The molecule has 0 bridgehead atoms. The highest BCUT2D eigenvalue weighted by molar-refractivity contribution is 5.82. The van der Waals surface area contributed by atoms with Gasteiger partial charge in [0.1, 0.15) is 60.4 Å². The number of fused-ring (bicyclic) bond motifs is 14. The van der Waals surface area contributed by atoms with Crippen LogP contribution in [-0.4, -0.2) is 206 Å². The fourth-order valence-corrected chi connectivity index (χ4v) is 25.0. The van der Waals surface area contributed by atoms with E-state index in [-0.39, 0.29) is 49.4 Å². The Kier molecular flexibility index (Phi) is 17.4. The van der Waals surface area contributed by atoms with E-state index in [1.165, 1.54) is 0 Å². The van der Waals surface area contributed by atoms with E-state index >= 15 is 9.59 Å². The number of ether oxygens (including phenoxy) is 5. The summed E-state index contributed by atoms with van der Waals surface area (Å²) in [5.41, 5.74) is -11.9. The summed E-state index contributed by atoms with van der Waals surface area (Å²) < 4.78 is 30.0. The number of carbonyl (C=O) groups excluding carboxylic acids is 3. The van der Waals surface area contributed by atoms with E-state index in [9.17, 15) is 81.1 Å². The quantitative estimate of drug-likeness (QED) is 0.0892. The molecule has 8 saturated carbocycles. The minimum Gasteiger partial charge on any atom is -0.481 e. The minimum absolute atomic E-state index is 0.0433. The lowest BCUT2D eigenvalue weighted by molar-refractivity contribution is -0.299. The maximum atomic E-state index is 15.8. The van der Waals surface area contributed by atoms with Crippen LogP contribution in [0.25, 0.3) is 0 Å². The molecule has 10 fully saturated rings. The van der Waals surface area contributed by atoms with Crippen molar-refractivity contribution >= 4 is 23.9 Å². The maximum absolute atomic E-state index is 15.8. The fraction of sp³-hybridized carbons (Fsp3) is 0.889. The second-order valence-electron chi connectivity index (χ2n) is 35.0. The molecule has 14 N–H and O–H groups in total. The van der Waals surface area contributed by atoms with E-state index in [0.29, 0.717) is 77.0 Å². The van der Waals surface area contributed by atoms with E-state index in [1.54, 1.807) is 27.7 Å². The van der Waals surface area contributed by atoms with Crippen molar-refractivity contribution in [3.63, 3.8) is 0 Å². The summed E-state index contributed by atoms with van der Waals surface area (Å²) in [4.78, 5) is 60.3. The zero-order valence-corrected chi connectivity index (χ0v) is 57.5. The van der Waals surface area contributed by atoms with Crippen LogP contribution >= 0.6 is 0 Å². The molecule has 23 heteroatoms. The van der Waals surface area contributed by atoms with Crippen molar-refractivity contribution in [3.8, 4) is 0 Å². The summed E-state index contributed by atoms with van der Waals surface area (Å²) in [6.45, 7) is 21.9. The minimum atomic E-state index is -1.88. The third-order valence-electron chi connectivity index (χ3n) is 31.4. The molecule has 10 aliphatic carbocycles. The van der Waals surface area contributed by atoms with Gasteiger partial charge >= 0.3 is 23.9 Å². The van der Waals surface area contributed by atoms with Crippen LogP contribution in [0.1, 0.15) is 186 Å². The summed E-state index contributed by atoms with van der Waals surface area (Å²) in [6.07, 6.45) is -13.1. The normalized spacial score (nSPS) is 57.1. The molecule has 0 aromatic carbocycles. The van der Waals surface area contributed by atoms with Crippen molar-refractivity contribution in [3.05, 3.63) is 23.3 Å². The van der Waals surface area contributed by atoms with Crippen LogP contribution < -0.4 is 0 Å². The van der Waals surface area contributed by atoms with Crippen LogP contribution in [0.4, 0.5) is 0 Å². The first kappa shape index (κ1) is 71.6. The highest BCUT2D eigenvalue weighted by Crippen LogP contribution is 2.79. The molecule has 536 valence electrons. The molecule has 0 amide bonds. The third-order valence-corrected chi connectivity index (χ3v) is 31.4. The van der Waals surface area contributed by atoms with Crippen LogP contribution in [0.2, 0.25) is 0 Å². The second kappa shape index (κ2) is 23.1. The SMILES string of the molecule is C[C@@H]1CC[C@]2(C(=O)O[C@H]3O[C@@H](CO)[C@H](O)[C@@H](O)[C@@H]3O)CC[C@]3(C)C(=CC[C@H]4[C@@]5(C)C[C@@H](O)[C@H](O)[C@@](C)(C(=O)O[C@@H]6[C@H](O)C[C@@]7(C)[C@@H](CC[C@]8(C)[C@H]7CC=C7[C@H]9[C@](C(=O)O[C@H]%10O[C@@H](CO)[C@H](O)[C@@H](O)[C@@H]%10O)(CC[C@@H](C)[C@@]9(C)O)CC[C@]78C)[C@@]6(C)C(=O)O)[C@@H]5CC[C@]43C)[C@H]2[C@]1(C)O. The topological polar surface area (TPSA) is 398 Å². The number of rotatable bonds is 9. The Bertz CT molecular complexity index is 3110. The van der Waals surface area contributed by atoms with E-state index in [1.807, 2.05) is 20.8 Å². The first-order valence-electron chi connectivity index (χ1n) is 35.4. The Labute approximate surface area is 557 Å². The van der Waals surface area contributed by atoms with Crippen LogP contribution in [-0.2, 0) is 42.9 Å². The Morgan fingerprint density at radius 3 is 1.25 bits per heavy atom. The predicted octanol–water partition coefficient (Wildman–Crippen LogP) is 3.48. The van der Waals surface area contributed by atoms with Crippen LogP contribution in [0, 0.1) is 101 Å². The highest BCUT2D eigenvalue weighted by atomic mass is 16.7. The van der Waals surface area contributed by atoms with Crippen molar-refractivity contribution in [2.24, 2.45) is 101 Å². The number of hydrogen-bond donors (Lipinski definition) is 14. The number of hydrogen-bond acceptors (Lipinski definition) is 22. The third kappa shape index (κ3) is 9.34. The number of carboxylic acid groups (broad SMARTS) is 1. The Morgan fingerprint density at radius 2 is 0.863 bits per heavy atom. The number of allylic oxidation sites excluding steroid dienone is 2. The lowest BCUT2D eigenvalue weighted by Crippen LogP contribution is -2.72. The van der Waals surface area contributed by atoms with Gasteiger partial charge in [-0.1, -0.05) is 78.7 Å². The van der Waals surface area contributed by atoms with Gasteiger partial charge in [0.05, 0.1) is 59.0 Å². The van der Waals surface area contributed by atoms with Crippen LogP contribution in [0.3, 0.4) is 0 Å². The molecule has 23 nitrogen and oxygen atoms in total. The van der Waals surface area contributed by atoms with E-state index in [0.717, 1.165) is 11.1 Å². The number of aliphatic carboxylic acids is 1. The molecule has 2 saturated heterocycles. The molecule has 2 aliphatic heterocycles. The van der Waals surface area contributed by atoms with Crippen molar-refractivity contribution in [1.29, 1.82) is 0 Å². The van der Waals surface area contributed by atoms with Crippen LogP contribution in [0.5, 0.6) is 0 Å².